The molecule has 3 aliphatic rings. The van der Waals surface area contributed by atoms with Crippen molar-refractivity contribution in [3.63, 3.8) is 0 Å². The molecule has 0 radical (unpaired) electrons. The molecule has 2 saturated heterocycles. The van der Waals surface area contributed by atoms with E-state index in [9.17, 15) is 0 Å². The van der Waals surface area contributed by atoms with Crippen molar-refractivity contribution < 1.29 is 9.47 Å². The van der Waals surface area contributed by atoms with Crippen LogP contribution >= 0.6 is 0 Å². The van der Waals surface area contributed by atoms with E-state index in [1.807, 2.05) is 0 Å². The first-order valence-corrected chi connectivity index (χ1v) is 12.2. The zero-order chi connectivity index (χ0) is 21.0. The molecule has 0 aromatic heterocycles. The van der Waals surface area contributed by atoms with Gasteiger partial charge < -0.3 is 14.4 Å². The van der Waals surface area contributed by atoms with Gasteiger partial charge in [0.1, 0.15) is 11.5 Å². The van der Waals surface area contributed by atoms with Crippen LogP contribution in [-0.2, 0) is 0 Å². The molecule has 5 rings (SSSR count). The van der Waals surface area contributed by atoms with Crippen molar-refractivity contribution in [2.24, 2.45) is 0 Å². The maximum Gasteiger partial charge on any atom is 0.122 e. The molecule has 4 nitrogen and oxygen atoms in total. The Morgan fingerprint density at radius 1 is 0.903 bits per heavy atom. The molecular weight excluding hydrogens is 384 g/mol. The van der Waals surface area contributed by atoms with E-state index in [0.717, 1.165) is 37.6 Å². The minimum absolute atomic E-state index is 0.355. The fourth-order valence-electron chi connectivity index (χ4n) is 5.86. The van der Waals surface area contributed by atoms with Crippen molar-refractivity contribution in [1.29, 1.82) is 0 Å². The molecular formula is C27H36N2O2. The maximum absolute atomic E-state index is 6.23. The predicted molar refractivity (Wildman–Crippen MR) is 125 cm³/mol. The number of hydrogen-bond donors (Lipinski definition) is 0. The predicted octanol–water partition coefficient (Wildman–Crippen LogP) is 5.23. The highest BCUT2D eigenvalue weighted by molar-refractivity contribution is 5.49. The van der Waals surface area contributed by atoms with Gasteiger partial charge in [0.2, 0.25) is 0 Å². The lowest BCUT2D eigenvalue weighted by Crippen LogP contribution is -2.34. The fourth-order valence-corrected chi connectivity index (χ4v) is 5.86. The van der Waals surface area contributed by atoms with Gasteiger partial charge in [0.15, 0.2) is 0 Å². The van der Waals surface area contributed by atoms with Gasteiger partial charge in [-0.25, -0.2) is 0 Å². The molecule has 0 N–H and O–H groups in total. The molecule has 166 valence electrons. The Bertz CT molecular complexity index is 877. The van der Waals surface area contributed by atoms with Gasteiger partial charge in [-0.05, 0) is 81.1 Å². The highest BCUT2D eigenvalue weighted by atomic mass is 16.5. The average molecular weight is 421 g/mol. The highest BCUT2D eigenvalue weighted by Crippen LogP contribution is 2.46. The average Bonchev–Trinajstić information content (AvgIpc) is 3.31. The second kappa shape index (κ2) is 9.62. The van der Waals surface area contributed by atoms with Gasteiger partial charge in [-0.2, -0.15) is 0 Å². The Morgan fingerprint density at radius 2 is 1.77 bits per heavy atom. The minimum atomic E-state index is 0.355. The number of nitrogens with zero attached hydrogens (tertiary/aromatic N) is 2. The number of likely N-dealkylation sites (tertiary alicyclic amines) is 1. The largest absolute Gasteiger partial charge is 0.496 e. The number of benzene rings is 2. The Hall–Kier alpha value is -2.04. The molecule has 2 atom stereocenters. The smallest absolute Gasteiger partial charge is 0.122 e. The first-order chi connectivity index (χ1) is 15.3. The summed E-state index contributed by atoms with van der Waals surface area (Å²) in [4.78, 5) is 5.26. The second-order valence-corrected chi connectivity index (χ2v) is 9.34. The summed E-state index contributed by atoms with van der Waals surface area (Å²) in [6, 6.07) is 15.9. The number of para-hydroxylation sites is 1. The molecule has 0 bridgehead atoms. The van der Waals surface area contributed by atoms with Crippen LogP contribution in [0.4, 0.5) is 0 Å². The first kappa shape index (κ1) is 20.8. The Labute approximate surface area is 187 Å². The molecule has 31 heavy (non-hydrogen) atoms. The van der Waals surface area contributed by atoms with Crippen LogP contribution in [0.3, 0.4) is 0 Å². The van der Waals surface area contributed by atoms with E-state index in [1.165, 1.54) is 68.4 Å². The van der Waals surface area contributed by atoms with Gasteiger partial charge in [0, 0.05) is 30.6 Å². The van der Waals surface area contributed by atoms with E-state index in [-0.39, 0.29) is 0 Å². The Kier molecular flexibility index (Phi) is 6.47. The maximum atomic E-state index is 6.23. The number of hydrogen-bond acceptors (Lipinski definition) is 4. The third-order valence-corrected chi connectivity index (χ3v) is 7.42. The third-order valence-electron chi connectivity index (χ3n) is 7.42. The zero-order valence-electron chi connectivity index (χ0n) is 18.9. The normalized spacial score (nSPS) is 23.9. The molecule has 0 aliphatic carbocycles. The van der Waals surface area contributed by atoms with Gasteiger partial charge in [0.05, 0.1) is 13.7 Å². The zero-order valence-corrected chi connectivity index (χ0v) is 18.9. The molecule has 0 saturated carbocycles. The van der Waals surface area contributed by atoms with Gasteiger partial charge in [0.25, 0.3) is 0 Å². The van der Waals surface area contributed by atoms with Crippen LogP contribution in [0.25, 0.3) is 0 Å². The quantitative estimate of drug-likeness (QED) is 0.573. The summed E-state index contributed by atoms with van der Waals surface area (Å²) in [6.45, 7) is 6.77. The molecule has 2 aromatic carbocycles. The first-order valence-electron chi connectivity index (χ1n) is 12.2. The van der Waals surface area contributed by atoms with Gasteiger partial charge in [-0.3, -0.25) is 4.90 Å². The molecule has 0 unspecified atom stereocenters. The summed E-state index contributed by atoms with van der Waals surface area (Å²) in [6.07, 6.45) is 7.76. The number of piperidine rings is 1. The second-order valence-electron chi connectivity index (χ2n) is 9.34. The van der Waals surface area contributed by atoms with Crippen LogP contribution < -0.4 is 9.47 Å². The van der Waals surface area contributed by atoms with E-state index in [4.69, 9.17) is 9.47 Å². The van der Waals surface area contributed by atoms with Gasteiger partial charge in [-0.15, -0.1) is 0 Å². The van der Waals surface area contributed by atoms with Crippen molar-refractivity contribution in [3.8, 4) is 11.5 Å². The summed E-state index contributed by atoms with van der Waals surface area (Å²) < 4.78 is 11.9. The topological polar surface area (TPSA) is 24.9 Å². The number of methoxy groups -OCH3 is 1. The van der Waals surface area contributed by atoms with Crippen molar-refractivity contribution in [3.05, 3.63) is 59.2 Å². The van der Waals surface area contributed by atoms with Crippen LogP contribution in [0.1, 0.15) is 67.2 Å². The van der Waals surface area contributed by atoms with Gasteiger partial charge >= 0.3 is 0 Å². The van der Waals surface area contributed by atoms with Gasteiger partial charge in [-0.1, -0.05) is 30.7 Å². The van der Waals surface area contributed by atoms with Crippen LogP contribution in [0.15, 0.2) is 42.5 Å². The van der Waals surface area contributed by atoms with Crippen molar-refractivity contribution in [2.75, 3.05) is 46.4 Å². The van der Waals surface area contributed by atoms with Crippen LogP contribution in [0.2, 0.25) is 0 Å². The van der Waals surface area contributed by atoms with E-state index >= 15 is 0 Å². The van der Waals surface area contributed by atoms with Crippen LogP contribution in [0.5, 0.6) is 11.5 Å². The molecule has 2 fully saturated rings. The third kappa shape index (κ3) is 4.47. The van der Waals surface area contributed by atoms with E-state index in [0.29, 0.717) is 12.0 Å². The van der Waals surface area contributed by atoms with Crippen LogP contribution in [-0.4, -0.2) is 56.2 Å². The summed E-state index contributed by atoms with van der Waals surface area (Å²) in [5, 5.41) is 0. The summed E-state index contributed by atoms with van der Waals surface area (Å²) >= 11 is 0. The molecule has 0 spiro atoms. The molecule has 3 heterocycles. The lowest BCUT2D eigenvalue weighted by molar-refractivity contribution is 0.204. The Morgan fingerprint density at radius 3 is 2.65 bits per heavy atom. The molecule has 2 aromatic rings. The number of rotatable bonds is 7. The van der Waals surface area contributed by atoms with Crippen LogP contribution in [0, 0.1) is 0 Å². The number of fused-ring (bicyclic) bond motifs is 3. The fraction of sp³-hybridized carbons (Fsp3) is 0.556. The van der Waals surface area contributed by atoms with Crippen molar-refractivity contribution in [1.82, 2.24) is 9.80 Å². The molecule has 3 aliphatic heterocycles. The summed E-state index contributed by atoms with van der Waals surface area (Å²) in [5.74, 6) is 2.38. The lowest BCUT2D eigenvalue weighted by Gasteiger charge is -2.38. The van der Waals surface area contributed by atoms with Crippen molar-refractivity contribution in [2.45, 2.75) is 50.5 Å². The monoisotopic (exact) mass is 420 g/mol. The summed E-state index contributed by atoms with van der Waals surface area (Å²) in [7, 11) is 1.78. The molecule has 0 amide bonds. The van der Waals surface area contributed by atoms with E-state index in [2.05, 4.69) is 52.3 Å². The standard InChI is InChI=1S/C27H36N2O2/c1-30-27-11-4-3-9-23(27)25-20-29-17-7-10-26(29)24-19-21(12-13-22(24)25)31-18-8-16-28-14-5-2-6-15-28/h3-4,9,11-13,19,25-26H,2,5-8,10,14-18,20H2,1H3/t25-,26-/m1/s1. The minimum Gasteiger partial charge on any atom is -0.496 e. The Balaban J connectivity index is 1.32. The number of ether oxygens (including phenoxy) is 2. The SMILES string of the molecule is COc1ccccc1[C@@H]1CN2CCC[C@@H]2c2cc(OCCCN3CCCCC3)ccc21. The van der Waals surface area contributed by atoms with E-state index in [1.54, 1.807) is 7.11 Å². The summed E-state index contributed by atoms with van der Waals surface area (Å²) in [5.41, 5.74) is 4.22. The molecule has 4 heteroatoms. The van der Waals surface area contributed by atoms with E-state index < -0.39 is 0 Å². The van der Waals surface area contributed by atoms with Crippen molar-refractivity contribution >= 4 is 0 Å². The lowest BCUT2D eigenvalue weighted by atomic mass is 9.81. The highest BCUT2D eigenvalue weighted by Gasteiger charge is 2.37.